The Morgan fingerprint density at radius 2 is 1.82 bits per heavy atom. The number of amides is 1. The number of nitrogens with zero attached hydrogens (tertiary/aromatic N) is 4. The van der Waals surface area contributed by atoms with E-state index in [-0.39, 0.29) is 17.5 Å². The van der Waals surface area contributed by atoms with Gasteiger partial charge >= 0.3 is 0 Å². The van der Waals surface area contributed by atoms with Crippen molar-refractivity contribution in [2.75, 3.05) is 25.0 Å². The molecule has 0 spiro atoms. The maximum Gasteiger partial charge on any atom is 0.290 e. The lowest BCUT2D eigenvalue weighted by atomic mass is 10.2. The van der Waals surface area contributed by atoms with Crippen LogP contribution in [0.4, 0.5) is 10.1 Å². The molecule has 0 atom stereocenters. The van der Waals surface area contributed by atoms with Crippen molar-refractivity contribution in [3.63, 3.8) is 0 Å². The zero-order valence-corrected chi connectivity index (χ0v) is 16.1. The van der Waals surface area contributed by atoms with Crippen LogP contribution in [0, 0.1) is 12.7 Å². The molecule has 0 saturated heterocycles. The molecule has 6 nitrogen and oxygen atoms in total. The molecule has 0 radical (unpaired) electrons. The van der Waals surface area contributed by atoms with E-state index >= 15 is 0 Å². The highest BCUT2D eigenvalue weighted by Crippen LogP contribution is 2.12. The van der Waals surface area contributed by atoms with Crippen molar-refractivity contribution in [1.29, 1.82) is 0 Å². The minimum Gasteiger partial charge on any atom is -0.375 e. The summed E-state index contributed by atoms with van der Waals surface area (Å²) in [5.74, 6) is 0.0576. The van der Waals surface area contributed by atoms with Gasteiger partial charge in [-0.15, -0.1) is 5.10 Å². The van der Waals surface area contributed by atoms with Crippen molar-refractivity contribution < 1.29 is 9.18 Å². The Morgan fingerprint density at radius 3 is 2.54 bits per heavy atom. The molecule has 1 aromatic heterocycles. The highest BCUT2D eigenvalue weighted by molar-refractivity contribution is 5.90. The number of carbonyl (C=O) groups excluding carboxylic acids is 1. The molecule has 3 rings (SSSR count). The summed E-state index contributed by atoms with van der Waals surface area (Å²) in [6.07, 6.45) is 1.82. The lowest BCUT2D eigenvalue weighted by molar-refractivity contribution is 0.0942. The number of halogens is 1. The molecule has 0 aliphatic rings. The molecule has 3 aromatic rings. The van der Waals surface area contributed by atoms with E-state index in [0.29, 0.717) is 18.1 Å². The van der Waals surface area contributed by atoms with Crippen LogP contribution >= 0.6 is 0 Å². The van der Waals surface area contributed by atoms with E-state index in [1.54, 1.807) is 19.1 Å². The maximum absolute atomic E-state index is 13.1. The molecular weight excluding hydrogens is 357 g/mol. The second-order valence-electron chi connectivity index (χ2n) is 6.59. The predicted molar refractivity (Wildman–Crippen MR) is 107 cm³/mol. The van der Waals surface area contributed by atoms with Crippen LogP contribution in [0.25, 0.3) is 5.69 Å². The van der Waals surface area contributed by atoms with Crippen LogP contribution in [0.5, 0.6) is 0 Å². The molecule has 0 fully saturated rings. The van der Waals surface area contributed by atoms with E-state index in [1.807, 2.05) is 18.2 Å². The van der Waals surface area contributed by atoms with E-state index < -0.39 is 0 Å². The molecule has 2 aromatic carbocycles. The van der Waals surface area contributed by atoms with Crippen LogP contribution in [0.2, 0.25) is 0 Å². The topological polar surface area (TPSA) is 63.1 Å². The zero-order chi connectivity index (χ0) is 19.9. The molecule has 1 N–H and O–H groups in total. The van der Waals surface area contributed by atoms with Gasteiger partial charge in [-0.3, -0.25) is 4.79 Å². The molecule has 0 aliphatic heterocycles. The summed E-state index contributed by atoms with van der Waals surface area (Å²) in [6.45, 7) is 3.23. The van der Waals surface area contributed by atoms with E-state index in [2.05, 4.69) is 39.5 Å². The number of anilines is 1. The highest BCUT2D eigenvalue weighted by Gasteiger charge is 2.14. The number of carbonyl (C=O) groups is 1. The van der Waals surface area contributed by atoms with Crippen LogP contribution in [0.15, 0.2) is 54.6 Å². The highest BCUT2D eigenvalue weighted by atomic mass is 19.1. The normalized spacial score (nSPS) is 10.7. The second-order valence-corrected chi connectivity index (χ2v) is 6.59. The van der Waals surface area contributed by atoms with Crippen LogP contribution < -0.4 is 10.2 Å². The number of aromatic nitrogens is 3. The first kappa shape index (κ1) is 19.5. The molecule has 7 heteroatoms. The van der Waals surface area contributed by atoms with Gasteiger partial charge in [0.1, 0.15) is 11.6 Å². The standard InChI is InChI=1S/C21H24FN5O/c1-16-24-20(25-27(16)19-12-10-17(22)11-13-19)21(28)23-14-6-7-15-26(2)18-8-4-3-5-9-18/h3-5,8-13H,6-7,14-15H2,1-2H3,(H,23,28). The van der Waals surface area contributed by atoms with E-state index in [0.717, 1.165) is 19.4 Å². The van der Waals surface area contributed by atoms with Gasteiger partial charge in [0, 0.05) is 25.8 Å². The summed E-state index contributed by atoms with van der Waals surface area (Å²) in [7, 11) is 2.06. The van der Waals surface area contributed by atoms with Crippen molar-refractivity contribution in [2.24, 2.45) is 0 Å². The fourth-order valence-electron chi connectivity index (χ4n) is 2.88. The molecule has 1 amide bonds. The largest absolute Gasteiger partial charge is 0.375 e. The fourth-order valence-corrected chi connectivity index (χ4v) is 2.88. The third-order valence-electron chi connectivity index (χ3n) is 4.45. The van der Waals surface area contributed by atoms with Gasteiger partial charge in [-0.05, 0) is 56.2 Å². The number of unbranched alkanes of at least 4 members (excludes halogenated alkanes) is 1. The Kier molecular flexibility index (Phi) is 6.37. The average Bonchev–Trinajstić information content (AvgIpc) is 3.10. The van der Waals surface area contributed by atoms with Gasteiger partial charge in [-0.1, -0.05) is 18.2 Å². The van der Waals surface area contributed by atoms with E-state index in [4.69, 9.17) is 0 Å². The Morgan fingerprint density at radius 1 is 1.11 bits per heavy atom. The van der Waals surface area contributed by atoms with E-state index in [9.17, 15) is 9.18 Å². The van der Waals surface area contributed by atoms with Crippen LogP contribution in [-0.4, -0.2) is 40.8 Å². The molecule has 0 bridgehead atoms. The predicted octanol–water partition coefficient (Wildman–Crippen LogP) is 3.36. The number of hydrogen-bond acceptors (Lipinski definition) is 4. The number of nitrogens with one attached hydrogen (secondary N) is 1. The zero-order valence-electron chi connectivity index (χ0n) is 16.1. The quantitative estimate of drug-likeness (QED) is 0.608. The Hall–Kier alpha value is -3.22. The van der Waals surface area contributed by atoms with Gasteiger partial charge in [-0.25, -0.2) is 14.1 Å². The molecular formula is C21H24FN5O. The van der Waals surface area contributed by atoms with Crippen molar-refractivity contribution in [3.8, 4) is 5.69 Å². The molecule has 1 heterocycles. The first-order valence-electron chi connectivity index (χ1n) is 9.28. The van der Waals surface area contributed by atoms with Gasteiger partial charge in [0.05, 0.1) is 5.69 Å². The number of aryl methyl sites for hydroxylation is 1. The Bertz CT molecular complexity index is 908. The van der Waals surface area contributed by atoms with Crippen LogP contribution in [-0.2, 0) is 0 Å². The summed E-state index contributed by atoms with van der Waals surface area (Å²) in [4.78, 5) is 18.7. The van der Waals surface area contributed by atoms with Gasteiger partial charge in [0.25, 0.3) is 5.91 Å². The third-order valence-corrected chi connectivity index (χ3v) is 4.45. The summed E-state index contributed by atoms with van der Waals surface area (Å²) in [6, 6.07) is 16.1. The number of benzene rings is 2. The van der Waals surface area contributed by atoms with Crippen LogP contribution in [0.1, 0.15) is 29.3 Å². The molecule has 28 heavy (non-hydrogen) atoms. The summed E-state index contributed by atoms with van der Waals surface area (Å²) >= 11 is 0. The summed E-state index contributed by atoms with van der Waals surface area (Å²) in [5, 5.41) is 7.10. The number of hydrogen-bond donors (Lipinski definition) is 1. The van der Waals surface area contributed by atoms with Gasteiger partial charge in [0.15, 0.2) is 0 Å². The first-order chi connectivity index (χ1) is 13.5. The van der Waals surface area contributed by atoms with Crippen molar-refractivity contribution in [2.45, 2.75) is 19.8 Å². The van der Waals surface area contributed by atoms with E-state index in [1.165, 1.54) is 22.5 Å². The monoisotopic (exact) mass is 381 g/mol. The van der Waals surface area contributed by atoms with Gasteiger partial charge in [-0.2, -0.15) is 0 Å². The lowest BCUT2D eigenvalue weighted by Gasteiger charge is -2.18. The Balaban J connectivity index is 1.46. The molecule has 0 aliphatic carbocycles. The van der Waals surface area contributed by atoms with Gasteiger partial charge < -0.3 is 10.2 Å². The first-order valence-corrected chi connectivity index (χ1v) is 9.28. The fraction of sp³-hybridized carbons (Fsp3) is 0.286. The minimum atomic E-state index is -0.322. The summed E-state index contributed by atoms with van der Waals surface area (Å²) in [5.41, 5.74) is 1.84. The number of para-hydroxylation sites is 1. The summed E-state index contributed by atoms with van der Waals surface area (Å²) < 4.78 is 14.6. The maximum atomic E-state index is 13.1. The smallest absolute Gasteiger partial charge is 0.290 e. The lowest BCUT2D eigenvalue weighted by Crippen LogP contribution is -2.27. The number of rotatable bonds is 8. The molecule has 0 saturated carbocycles. The average molecular weight is 381 g/mol. The van der Waals surface area contributed by atoms with Crippen molar-refractivity contribution in [1.82, 2.24) is 20.1 Å². The minimum absolute atomic E-state index is 0.114. The third kappa shape index (κ3) is 4.94. The SMILES string of the molecule is Cc1nc(C(=O)NCCCCN(C)c2ccccc2)nn1-c1ccc(F)cc1. The van der Waals surface area contributed by atoms with Gasteiger partial charge in [0.2, 0.25) is 5.82 Å². The molecule has 0 unspecified atom stereocenters. The Labute approximate surface area is 164 Å². The van der Waals surface area contributed by atoms with Crippen molar-refractivity contribution >= 4 is 11.6 Å². The second kappa shape index (κ2) is 9.12. The van der Waals surface area contributed by atoms with Crippen molar-refractivity contribution in [3.05, 3.63) is 72.1 Å². The van der Waals surface area contributed by atoms with Crippen LogP contribution in [0.3, 0.4) is 0 Å². The molecule has 146 valence electrons.